The zero-order chi connectivity index (χ0) is 27.3. The highest BCUT2D eigenvalue weighted by atomic mass is 16.4. The van der Waals surface area contributed by atoms with Gasteiger partial charge in [-0.1, -0.05) is 26.7 Å². The molecule has 1 aliphatic rings. The number of nitrogens with one attached hydrogen (secondary N) is 2. The molecule has 0 radical (unpaired) electrons. The van der Waals surface area contributed by atoms with Crippen molar-refractivity contribution < 1.29 is 24.3 Å². The molecule has 3 amide bonds. The summed E-state index contributed by atoms with van der Waals surface area (Å²) in [6.45, 7) is 4.67. The van der Waals surface area contributed by atoms with Crippen LogP contribution in [0.25, 0.3) is 0 Å². The average Bonchev–Trinajstić information content (AvgIpc) is 3.33. The maximum atomic E-state index is 13.5. The maximum absolute atomic E-state index is 13.5. The fraction of sp³-hybridized carbons (Fsp3) is 0.783. The smallest absolute Gasteiger partial charge is 0.326 e. The Bertz CT molecular complexity index is 774. The zero-order valence-corrected chi connectivity index (χ0v) is 21.4. The molecule has 5 atom stereocenters. The van der Waals surface area contributed by atoms with Crippen molar-refractivity contribution in [2.24, 2.45) is 33.8 Å². The molecule has 1 fully saturated rings. The molecule has 0 aliphatic carbocycles. The van der Waals surface area contributed by atoms with Gasteiger partial charge >= 0.3 is 5.97 Å². The van der Waals surface area contributed by atoms with E-state index >= 15 is 0 Å². The molecule has 36 heavy (non-hydrogen) atoms. The molecule has 1 saturated heterocycles. The lowest BCUT2D eigenvalue weighted by Crippen LogP contribution is -2.57. The van der Waals surface area contributed by atoms with Gasteiger partial charge in [0.2, 0.25) is 17.7 Å². The van der Waals surface area contributed by atoms with Crippen molar-refractivity contribution >= 4 is 29.7 Å². The fourth-order valence-electron chi connectivity index (χ4n) is 4.12. The first-order valence-corrected chi connectivity index (χ1v) is 12.7. The monoisotopic (exact) mass is 512 g/mol. The Morgan fingerprint density at radius 3 is 2.39 bits per heavy atom. The number of unbranched alkanes of at least 4 members (excludes halogenated alkanes) is 1. The van der Waals surface area contributed by atoms with E-state index in [2.05, 4.69) is 15.6 Å². The molecule has 5 unspecified atom stereocenters. The third-order valence-electron chi connectivity index (χ3n) is 6.48. The van der Waals surface area contributed by atoms with Crippen molar-refractivity contribution in [2.45, 2.75) is 89.4 Å². The highest BCUT2D eigenvalue weighted by molar-refractivity contribution is 5.94. The number of aliphatic imine (C=N–C) groups is 1. The van der Waals surface area contributed by atoms with E-state index in [0.29, 0.717) is 51.6 Å². The molecule has 0 saturated carbocycles. The van der Waals surface area contributed by atoms with Crippen molar-refractivity contribution in [3.63, 3.8) is 0 Å². The van der Waals surface area contributed by atoms with Crippen LogP contribution < -0.4 is 33.6 Å². The summed E-state index contributed by atoms with van der Waals surface area (Å²) < 4.78 is 0. The van der Waals surface area contributed by atoms with Crippen molar-refractivity contribution in [3.05, 3.63) is 0 Å². The number of aliphatic carboxylic acids is 1. The second-order valence-corrected chi connectivity index (χ2v) is 9.30. The number of nitrogens with zero attached hydrogens (tertiary/aromatic N) is 2. The van der Waals surface area contributed by atoms with E-state index in [0.717, 1.165) is 6.42 Å². The molecule has 0 aromatic carbocycles. The van der Waals surface area contributed by atoms with E-state index in [1.165, 1.54) is 4.90 Å². The summed E-state index contributed by atoms with van der Waals surface area (Å²) in [5, 5.41) is 14.8. The number of hydrogen-bond donors (Lipinski definition) is 7. The minimum absolute atomic E-state index is 0.0746. The van der Waals surface area contributed by atoms with Crippen molar-refractivity contribution in [1.29, 1.82) is 0 Å². The Hall–Kier alpha value is -2.93. The SMILES string of the molecule is CCC(C)C(NC(=O)C1CCCN1C(=O)C(CCCN=C(N)N)NC(=O)C(N)CCCCN)C(=O)O. The lowest BCUT2D eigenvalue weighted by molar-refractivity contribution is -0.146. The van der Waals surface area contributed by atoms with Crippen molar-refractivity contribution in [3.8, 4) is 0 Å². The zero-order valence-electron chi connectivity index (χ0n) is 21.4. The largest absolute Gasteiger partial charge is 0.480 e. The summed E-state index contributed by atoms with van der Waals surface area (Å²) >= 11 is 0. The predicted octanol–water partition coefficient (Wildman–Crippen LogP) is -1.41. The molecule has 0 spiro atoms. The van der Waals surface area contributed by atoms with Crippen molar-refractivity contribution in [1.82, 2.24) is 15.5 Å². The molecule has 13 nitrogen and oxygen atoms in total. The fourth-order valence-corrected chi connectivity index (χ4v) is 4.12. The Morgan fingerprint density at radius 1 is 1.11 bits per heavy atom. The van der Waals surface area contributed by atoms with E-state index in [-0.39, 0.29) is 24.8 Å². The lowest BCUT2D eigenvalue weighted by Gasteiger charge is -2.30. The van der Waals surface area contributed by atoms with E-state index in [1.807, 2.05) is 6.92 Å². The molecule has 11 N–H and O–H groups in total. The second-order valence-electron chi connectivity index (χ2n) is 9.30. The second kappa shape index (κ2) is 15.9. The number of nitrogens with two attached hydrogens (primary N) is 4. The summed E-state index contributed by atoms with van der Waals surface area (Å²) in [6, 6.07) is -3.60. The highest BCUT2D eigenvalue weighted by Gasteiger charge is 2.39. The first-order valence-electron chi connectivity index (χ1n) is 12.7. The average molecular weight is 513 g/mol. The van der Waals surface area contributed by atoms with Crippen LogP contribution in [0.2, 0.25) is 0 Å². The minimum atomic E-state index is -1.12. The number of carbonyl (C=O) groups excluding carboxylic acids is 3. The van der Waals surface area contributed by atoms with Gasteiger partial charge in [0, 0.05) is 13.1 Å². The van der Waals surface area contributed by atoms with Gasteiger partial charge in [-0.05, 0) is 51.0 Å². The number of carboxylic acid groups (broad SMARTS) is 1. The molecule has 13 heteroatoms. The van der Waals surface area contributed by atoms with Gasteiger partial charge in [0.05, 0.1) is 6.04 Å². The third-order valence-corrected chi connectivity index (χ3v) is 6.48. The predicted molar refractivity (Wildman–Crippen MR) is 136 cm³/mol. The van der Waals surface area contributed by atoms with Crippen LogP contribution in [0.15, 0.2) is 4.99 Å². The third kappa shape index (κ3) is 9.97. The molecule has 1 aliphatic heterocycles. The Morgan fingerprint density at radius 2 is 1.81 bits per heavy atom. The molecule has 0 aromatic rings. The molecule has 206 valence electrons. The minimum Gasteiger partial charge on any atom is -0.480 e. The Labute approximate surface area is 212 Å². The maximum Gasteiger partial charge on any atom is 0.326 e. The van der Waals surface area contributed by atoms with Crippen LogP contribution in [0.1, 0.15) is 65.2 Å². The van der Waals surface area contributed by atoms with Gasteiger partial charge in [0.1, 0.15) is 18.1 Å². The number of hydrogen-bond acceptors (Lipinski definition) is 7. The number of carbonyl (C=O) groups is 4. The first-order chi connectivity index (χ1) is 17.0. The molecule has 0 bridgehead atoms. The van der Waals surface area contributed by atoms with E-state index in [1.54, 1.807) is 6.92 Å². The van der Waals surface area contributed by atoms with Crippen LogP contribution in [0.3, 0.4) is 0 Å². The number of carboxylic acids is 1. The summed E-state index contributed by atoms with van der Waals surface area (Å²) in [5.41, 5.74) is 22.2. The van der Waals surface area contributed by atoms with Crippen LogP contribution in [-0.2, 0) is 19.2 Å². The quantitative estimate of drug-likeness (QED) is 0.0729. The van der Waals surface area contributed by atoms with E-state index in [9.17, 15) is 24.3 Å². The normalized spacial score (nSPS) is 18.6. The van der Waals surface area contributed by atoms with Gasteiger partial charge in [0.25, 0.3) is 0 Å². The number of amides is 3. The van der Waals surface area contributed by atoms with Crippen LogP contribution in [0.4, 0.5) is 0 Å². The van der Waals surface area contributed by atoms with Crippen LogP contribution in [0, 0.1) is 5.92 Å². The van der Waals surface area contributed by atoms with Crippen LogP contribution >= 0.6 is 0 Å². The Balaban J connectivity index is 2.97. The molecule has 1 rings (SSSR count). The molecular formula is C23H44N8O5. The first kappa shape index (κ1) is 31.1. The number of rotatable bonds is 16. The van der Waals surface area contributed by atoms with Gasteiger partial charge < -0.3 is 43.6 Å². The van der Waals surface area contributed by atoms with Gasteiger partial charge in [-0.2, -0.15) is 0 Å². The van der Waals surface area contributed by atoms with E-state index in [4.69, 9.17) is 22.9 Å². The van der Waals surface area contributed by atoms with Crippen molar-refractivity contribution in [2.75, 3.05) is 19.6 Å². The molecule has 0 aromatic heterocycles. The highest BCUT2D eigenvalue weighted by Crippen LogP contribution is 2.21. The lowest BCUT2D eigenvalue weighted by atomic mass is 9.98. The van der Waals surface area contributed by atoms with Gasteiger partial charge in [-0.3, -0.25) is 19.4 Å². The van der Waals surface area contributed by atoms with Crippen LogP contribution in [-0.4, -0.2) is 83.5 Å². The molecule has 1 heterocycles. The van der Waals surface area contributed by atoms with Gasteiger partial charge in [0.15, 0.2) is 5.96 Å². The Kier molecular flexibility index (Phi) is 13.8. The van der Waals surface area contributed by atoms with Gasteiger partial charge in [-0.25, -0.2) is 4.79 Å². The topological polar surface area (TPSA) is 232 Å². The number of guanidine groups is 1. The van der Waals surface area contributed by atoms with Crippen LogP contribution in [0.5, 0.6) is 0 Å². The summed E-state index contributed by atoms with van der Waals surface area (Å²) in [5.74, 6) is -2.88. The van der Waals surface area contributed by atoms with Gasteiger partial charge in [-0.15, -0.1) is 0 Å². The summed E-state index contributed by atoms with van der Waals surface area (Å²) in [7, 11) is 0. The molecular weight excluding hydrogens is 468 g/mol. The summed E-state index contributed by atoms with van der Waals surface area (Å²) in [6.07, 6.45) is 4.06. The number of likely N-dealkylation sites (tertiary alicyclic amines) is 1. The summed E-state index contributed by atoms with van der Waals surface area (Å²) in [4.78, 5) is 56.2. The van der Waals surface area contributed by atoms with E-state index < -0.39 is 47.9 Å². The standard InChI is InChI=1S/C23H44N8O5/c1-3-14(2)18(22(35)36)30-20(33)17-10-7-13-31(17)21(34)16(9-6-12-28-23(26)27)29-19(32)15(25)8-4-5-11-24/h14-18H,3-13,24-25H2,1-2H3,(H,29,32)(H,30,33)(H,35,36)(H4,26,27,28).